The Morgan fingerprint density at radius 1 is 1.25 bits per heavy atom. The summed E-state index contributed by atoms with van der Waals surface area (Å²) in [4.78, 5) is 22.9. The van der Waals surface area contributed by atoms with Gasteiger partial charge in [-0.1, -0.05) is 12.1 Å². The molecule has 0 saturated carbocycles. The summed E-state index contributed by atoms with van der Waals surface area (Å²) in [5, 5.41) is 10.9. The van der Waals surface area contributed by atoms with Gasteiger partial charge in [-0.15, -0.1) is 0 Å². The molecule has 1 atom stereocenters. The molecule has 1 unspecified atom stereocenters. The number of hydrogen-bond donors (Lipinski definition) is 4. The minimum absolute atomic E-state index is 0.0354. The van der Waals surface area contributed by atoms with Crippen LogP contribution in [0.4, 0.5) is 10.5 Å². The van der Waals surface area contributed by atoms with Crippen LogP contribution < -0.4 is 21.3 Å². The van der Waals surface area contributed by atoms with E-state index in [1.165, 1.54) is 0 Å². The van der Waals surface area contributed by atoms with Gasteiger partial charge < -0.3 is 21.3 Å². The second-order valence-electron chi connectivity index (χ2n) is 4.40. The minimum Gasteiger partial charge on any atom is -0.355 e. The molecule has 20 heavy (non-hydrogen) atoms. The number of hydrogen-bond acceptors (Lipinski definition) is 3. The predicted octanol–water partition coefficient (Wildman–Crippen LogP) is 1.22. The summed E-state index contributed by atoms with van der Waals surface area (Å²) in [6, 6.07) is 7.37. The Kier molecular flexibility index (Phi) is 6.52. The first-order valence-corrected chi connectivity index (χ1v) is 6.65. The molecular formula is C14H22N4O2. The highest BCUT2D eigenvalue weighted by Gasteiger charge is 2.07. The van der Waals surface area contributed by atoms with E-state index in [0.29, 0.717) is 12.2 Å². The third kappa shape index (κ3) is 5.27. The maximum absolute atomic E-state index is 11.7. The summed E-state index contributed by atoms with van der Waals surface area (Å²) >= 11 is 0. The summed E-state index contributed by atoms with van der Waals surface area (Å²) in [5.41, 5.74) is 1.77. The molecule has 0 bridgehead atoms. The molecule has 1 aromatic carbocycles. The Balaban J connectivity index is 2.51. The molecule has 0 spiro atoms. The van der Waals surface area contributed by atoms with Gasteiger partial charge in [0.15, 0.2) is 0 Å². The van der Waals surface area contributed by atoms with Crippen molar-refractivity contribution in [1.82, 2.24) is 16.0 Å². The summed E-state index contributed by atoms with van der Waals surface area (Å²) < 4.78 is 0. The molecule has 0 fully saturated rings. The van der Waals surface area contributed by atoms with E-state index >= 15 is 0 Å². The molecule has 110 valence electrons. The van der Waals surface area contributed by atoms with Gasteiger partial charge in [0.2, 0.25) is 5.91 Å². The van der Waals surface area contributed by atoms with Crippen LogP contribution in [0.5, 0.6) is 0 Å². The molecule has 0 aromatic heterocycles. The highest BCUT2D eigenvalue weighted by Crippen LogP contribution is 2.16. The van der Waals surface area contributed by atoms with Gasteiger partial charge in [-0.3, -0.25) is 4.79 Å². The number of rotatable bonds is 6. The van der Waals surface area contributed by atoms with Crippen LogP contribution in [-0.2, 0) is 4.79 Å². The molecule has 1 aromatic rings. The Labute approximate surface area is 119 Å². The maximum Gasteiger partial charge on any atom is 0.319 e. The van der Waals surface area contributed by atoms with Crippen LogP contribution in [0.2, 0.25) is 0 Å². The number of carbonyl (C=O) groups excluding carboxylic acids is 2. The van der Waals surface area contributed by atoms with Crippen LogP contribution in [0, 0.1) is 0 Å². The van der Waals surface area contributed by atoms with E-state index in [9.17, 15) is 9.59 Å². The van der Waals surface area contributed by atoms with Crippen molar-refractivity contribution in [2.45, 2.75) is 19.9 Å². The third-order valence-corrected chi connectivity index (χ3v) is 2.86. The fraction of sp³-hybridized carbons (Fsp3) is 0.429. The minimum atomic E-state index is -0.398. The number of amides is 3. The topological polar surface area (TPSA) is 82.3 Å². The third-order valence-electron chi connectivity index (χ3n) is 2.86. The normalized spacial score (nSPS) is 11.6. The van der Waals surface area contributed by atoms with Crippen molar-refractivity contribution in [3.63, 3.8) is 0 Å². The molecule has 4 N–H and O–H groups in total. The SMILES string of the molecule is CCNC(=O)CNC(=O)Nc1cccc(C(C)NC)c1. The smallest absolute Gasteiger partial charge is 0.319 e. The van der Waals surface area contributed by atoms with Crippen LogP contribution in [-0.4, -0.2) is 32.1 Å². The van der Waals surface area contributed by atoms with Gasteiger partial charge in [-0.2, -0.15) is 0 Å². The molecule has 0 aliphatic heterocycles. The predicted molar refractivity (Wildman–Crippen MR) is 79.6 cm³/mol. The van der Waals surface area contributed by atoms with Gasteiger partial charge in [0.1, 0.15) is 0 Å². The van der Waals surface area contributed by atoms with Crippen LogP contribution >= 0.6 is 0 Å². The summed E-state index contributed by atoms with van der Waals surface area (Å²) in [6.07, 6.45) is 0. The van der Waals surface area contributed by atoms with E-state index in [2.05, 4.69) is 21.3 Å². The molecule has 0 radical (unpaired) electrons. The lowest BCUT2D eigenvalue weighted by atomic mass is 10.1. The van der Waals surface area contributed by atoms with Crippen molar-refractivity contribution < 1.29 is 9.59 Å². The van der Waals surface area contributed by atoms with Crippen molar-refractivity contribution in [2.75, 3.05) is 25.5 Å². The zero-order valence-corrected chi connectivity index (χ0v) is 12.1. The highest BCUT2D eigenvalue weighted by atomic mass is 16.2. The molecule has 3 amide bonds. The molecule has 1 rings (SSSR count). The number of benzene rings is 1. The zero-order valence-electron chi connectivity index (χ0n) is 12.1. The van der Waals surface area contributed by atoms with Crippen LogP contribution in [0.25, 0.3) is 0 Å². The van der Waals surface area contributed by atoms with E-state index in [-0.39, 0.29) is 18.5 Å². The Morgan fingerprint density at radius 2 is 2.00 bits per heavy atom. The van der Waals surface area contributed by atoms with Gasteiger partial charge >= 0.3 is 6.03 Å². The number of nitrogens with one attached hydrogen (secondary N) is 4. The van der Waals surface area contributed by atoms with E-state index in [0.717, 1.165) is 5.56 Å². The standard InChI is InChI=1S/C14H22N4O2/c1-4-16-13(19)9-17-14(20)18-12-7-5-6-11(8-12)10(2)15-3/h5-8,10,15H,4,9H2,1-3H3,(H,16,19)(H2,17,18,20). The lowest BCUT2D eigenvalue weighted by Gasteiger charge is -2.13. The van der Waals surface area contributed by atoms with E-state index in [1.807, 2.05) is 39.1 Å². The maximum atomic E-state index is 11.7. The van der Waals surface area contributed by atoms with Crippen LogP contribution in [0.1, 0.15) is 25.5 Å². The fourth-order valence-electron chi connectivity index (χ4n) is 1.65. The van der Waals surface area contributed by atoms with Gasteiger partial charge in [0.05, 0.1) is 6.54 Å². The average Bonchev–Trinajstić information content (AvgIpc) is 2.45. The number of likely N-dealkylation sites (N-methyl/N-ethyl adjacent to an activating group) is 1. The van der Waals surface area contributed by atoms with E-state index < -0.39 is 6.03 Å². The van der Waals surface area contributed by atoms with Gasteiger partial charge in [0, 0.05) is 18.3 Å². The lowest BCUT2D eigenvalue weighted by molar-refractivity contribution is -0.119. The molecular weight excluding hydrogens is 256 g/mol. The molecule has 0 aliphatic rings. The summed E-state index contributed by atoms with van der Waals surface area (Å²) in [5.74, 6) is -0.208. The first-order valence-electron chi connectivity index (χ1n) is 6.65. The number of carbonyl (C=O) groups is 2. The molecule has 6 nitrogen and oxygen atoms in total. The average molecular weight is 278 g/mol. The van der Waals surface area contributed by atoms with Crippen molar-refractivity contribution in [3.8, 4) is 0 Å². The van der Waals surface area contributed by atoms with Gasteiger partial charge in [-0.05, 0) is 38.6 Å². The largest absolute Gasteiger partial charge is 0.355 e. The molecule has 6 heteroatoms. The van der Waals surface area contributed by atoms with Crippen molar-refractivity contribution in [3.05, 3.63) is 29.8 Å². The Bertz CT molecular complexity index is 462. The number of anilines is 1. The second-order valence-corrected chi connectivity index (χ2v) is 4.40. The van der Waals surface area contributed by atoms with Crippen molar-refractivity contribution >= 4 is 17.6 Å². The molecule has 0 heterocycles. The van der Waals surface area contributed by atoms with Crippen LogP contribution in [0.15, 0.2) is 24.3 Å². The summed E-state index contributed by atoms with van der Waals surface area (Å²) in [7, 11) is 1.88. The van der Waals surface area contributed by atoms with Crippen LogP contribution in [0.3, 0.4) is 0 Å². The van der Waals surface area contributed by atoms with Gasteiger partial charge in [-0.25, -0.2) is 4.79 Å². The Hall–Kier alpha value is -2.08. The van der Waals surface area contributed by atoms with E-state index in [4.69, 9.17) is 0 Å². The molecule has 0 aliphatic carbocycles. The quantitative estimate of drug-likeness (QED) is 0.631. The second kappa shape index (κ2) is 8.16. The Morgan fingerprint density at radius 3 is 2.65 bits per heavy atom. The van der Waals surface area contributed by atoms with Gasteiger partial charge in [0.25, 0.3) is 0 Å². The monoisotopic (exact) mass is 278 g/mol. The van der Waals surface area contributed by atoms with E-state index in [1.54, 1.807) is 6.07 Å². The first-order chi connectivity index (χ1) is 9.56. The zero-order chi connectivity index (χ0) is 15.0. The number of urea groups is 1. The summed E-state index contributed by atoms with van der Waals surface area (Å²) in [6.45, 7) is 4.37. The molecule has 0 saturated heterocycles. The fourth-order valence-corrected chi connectivity index (χ4v) is 1.65. The highest BCUT2D eigenvalue weighted by molar-refractivity contribution is 5.92. The van der Waals surface area contributed by atoms with Crippen molar-refractivity contribution in [1.29, 1.82) is 0 Å². The van der Waals surface area contributed by atoms with Crippen molar-refractivity contribution in [2.24, 2.45) is 0 Å². The lowest BCUT2D eigenvalue weighted by Crippen LogP contribution is -2.38. The first kappa shape index (κ1) is 16.0.